The van der Waals surface area contributed by atoms with Crippen molar-refractivity contribution in [3.05, 3.63) is 23.3 Å². The van der Waals surface area contributed by atoms with Crippen molar-refractivity contribution < 1.29 is 14.3 Å². The number of allylic oxidation sites excluding steroid dienone is 1. The number of carbonyl (C=O) groups is 2. The Morgan fingerprint density at radius 1 is 1.44 bits per heavy atom. The Kier molecular flexibility index (Phi) is 3.28. The highest BCUT2D eigenvalue weighted by Crippen LogP contribution is 2.33. The highest BCUT2D eigenvalue weighted by Gasteiger charge is 2.37. The van der Waals surface area contributed by atoms with Gasteiger partial charge in [-0.15, -0.1) is 0 Å². The van der Waals surface area contributed by atoms with Crippen LogP contribution in [0.3, 0.4) is 0 Å². The van der Waals surface area contributed by atoms with Gasteiger partial charge in [-0.25, -0.2) is 4.79 Å². The van der Waals surface area contributed by atoms with E-state index < -0.39 is 5.54 Å². The Hall–Kier alpha value is -1.58. The number of hydrogen-bond donors (Lipinski definition) is 0. The van der Waals surface area contributed by atoms with Crippen LogP contribution >= 0.6 is 0 Å². The number of carbonyl (C=O) groups excluding carboxylic acids is 2. The molecule has 1 saturated heterocycles. The first-order valence-electron chi connectivity index (χ1n) is 6.25. The smallest absolute Gasteiger partial charge is 0.333 e. The number of nitrogens with zero attached hydrogens (tertiary/aromatic N) is 1. The molecule has 4 nitrogen and oxygen atoms in total. The molecule has 0 N–H and O–H groups in total. The maximum atomic E-state index is 11.9. The van der Waals surface area contributed by atoms with E-state index in [-0.39, 0.29) is 11.9 Å². The Bertz CT molecular complexity index is 450. The van der Waals surface area contributed by atoms with E-state index in [1.54, 1.807) is 0 Å². The van der Waals surface area contributed by atoms with Crippen molar-refractivity contribution in [2.75, 3.05) is 13.7 Å². The molecular formula is C14H19NO3. The van der Waals surface area contributed by atoms with Crippen molar-refractivity contribution >= 4 is 11.9 Å². The third-order valence-corrected chi connectivity index (χ3v) is 3.58. The van der Waals surface area contributed by atoms with Gasteiger partial charge in [0.25, 0.3) is 0 Å². The van der Waals surface area contributed by atoms with Crippen LogP contribution in [0.5, 0.6) is 0 Å². The zero-order chi connectivity index (χ0) is 13.3. The lowest BCUT2D eigenvalue weighted by molar-refractivity contribution is -0.136. The maximum Gasteiger partial charge on any atom is 0.333 e. The highest BCUT2D eigenvalue weighted by atomic mass is 16.5. The van der Waals surface area contributed by atoms with Crippen LogP contribution in [0.1, 0.15) is 33.1 Å². The van der Waals surface area contributed by atoms with Crippen molar-refractivity contribution in [1.82, 2.24) is 4.90 Å². The summed E-state index contributed by atoms with van der Waals surface area (Å²) in [4.78, 5) is 25.4. The molecule has 4 heteroatoms. The molecule has 0 aromatic carbocycles. The van der Waals surface area contributed by atoms with E-state index in [1.807, 2.05) is 24.8 Å². The van der Waals surface area contributed by atoms with Crippen LogP contribution in [0.4, 0.5) is 0 Å². The average molecular weight is 249 g/mol. The van der Waals surface area contributed by atoms with Crippen molar-refractivity contribution in [2.45, 2.75) is 38.6 Å². The fourth-order valence-electron chi connectivity index (χ4n) is 2.87. The minimum absolute atomic E-state index is 0.156. The van der Waals surface area contributed by atoms with E-state index >= 15 is 0 Å². The second-order valence-corrected chi connectivity index (χ2v) is 5.20. The fraction of sp³-hybridized carbons (Fsp3) is 0.571. The molecule has 1 atom stereocenters. The molecule has 0 saturated carbocycles. The molecule has 1 aliphatic heterocycles. The molecule has 0 aromatic rings. The molecule has 1 heterocycles. The molecular weight excluding hydrogens is 230 g/mol. The fourth-order valence-corrected chi connectivity index (χ4v) is 2.87. The van der Waals surface area contributed by atoms with Gasteiger partial charge in [-0.05, 0) is 26.3 Å². The molecule has 1 aliphatic carbocycles. The SMILES string of the molecule is COC(=O)C1=CC(C)(N2CCCC2=O)C=C(C)C1. The van der Waals surface area contributed by atoms with Crippen LogP contribution in [0.2, 0.25) is 0 Å². The van der Waals surface area contributed by atoms with E-state index in [0.717, 1.165) is 18.5 Å². The third kappa shape index (κ3) is 2.19. The molecule has 0 bridgehead atoms. The van der Waals surface area contributed by atoms with Crippen LogP contribution < -0.4 is 0 Å². The lowest BCUT2D eigenvalue weighted by Crippen LogP contribution is -2.45. The largest absolute Gasteiger partial charge is 0.466 e. The predicted octanol–water partition coefficient (Wildman–Crippen LogP) is 1.82. The molecule has 1 amide bonds. The van der Waals surface area contributed by atoms with E-state index in [2.05, 4.69) is 6.08 Å². The van der Waals surface area contributed by atoms with Gasteiger partial charge >= 0.3 is 5.97 Å². The summed E-state index contributed by atoms with van der Waals surface area (Å²) in [6, 6.07) is 0. The normalized spacial score (nSPS) is 27.9. The van der Waals surface area contributed by atoms with E-state index in [0.29, 0.717) is 18.4 Å². The van der Waals surface area contributed by atoms with Crippen LogP contribution in [0.15, 0.2) is 23.3 Å². The second kappa shape index (κ2) is 4.59. The van der Waals surface area contributed by atoms with Gasteiger partial charge < -0.3 is 9.64 Å². The topological polar surface area (TPSA) is 46.6 Å². The minimum atomic E-state index is -0.487. The van der Waals surface area contributed by atoms with E-state index in [9.17, 15) is 9.59 Å². The molecule has 98 valence electrons. The first-order valence-corrected chi connectivity index (χ1v) is 6.25. The van der Waals surface area contributed by atoms with Gasteiger partial charge in [0, 0.05) is 25.0 Å². The average Bonchev–Trinajstić information content (AvgIpc) is 2.74. The summed E-state index contributed by atoms with van der Waals surface area (Å²) in [6.07, 6.45) is 6.04. The summed E-state index contributed by atoms with van der Waals surface area (Å²) in [5.41, 5.74) is 1.25. The van der Waals surface area contributed by atoms with Gasteiger partial charge in [0.2, 0.25) is 5.91 Å². The molecule has 1 unspecified atom stereocenters. The van der Waals surface area contributed by atoms with Gasteiger partial charge in [0.1, 0.15) is 0 Å². The number of hydrogen-bond acceptors (Lipinski definition) is 3. The summed E-state index contributed by atoms with van der Waals surface area (Å²) >= 11 is 0. The molecule has 0 spiro atoms. The number of amides is 1. The van der Waals surface area contributed by atoms with Crippen molar-refractivity contribution in [2.24, 2.45) is 0 Å². The first kappa shape index (κ1) is 12.9. The monoisotopic (exact) mass is 249 g/mol. The van der Waals surface area contributed by atoms with E-state index in [4.69, 9.17) is 4.74 Å². The van der Waals surface area contributed by atoms with Gasteiger partial charge in [-0.3, -0.25) is 4.79 Å². The molecule has 18 heavy (non-hydrogen) atoms. The van der Waals surface area contributed by atoms with Gasteiger partial charge in [-0.2, -0.15) is 0 Å². The van der Waals surface area contributed by atoms with Gasteiger partial charge in [0.15, 0.2) is 0 Å². The lowest BCUT2D eigenvalue weighted by Gasteiger charge is -2.37. The predicted molar refractivity (Wildman–Crippen MR) is 67.8 cm³/mol. The second-order valence-electron chi connectivity index (χ2n) is 5.20. The minimum Gasteiger partial charge on any atom is -0.466 e. The number of methoxy groups -OCH3 is 1. The summed E-state index contributed by atoms with van der Waals surface area (Å²) in [5, 5.41) is 0. The zero-order valence-corrected chi connectivity index (χ0v) is 11.2. The molecule has 1 fully saturated rings. The number of esters is 1. The Morgan fingerprint density at radius 2 is 2.17 bits per heavy atom. The van der Waals surface area contributed by atoms with E-state index in [1.165, 1.54) is 7.11 Å². The third-order valence-electron chi connectivity index (χ3n) is 3.58. The Labute approximate surface area is 107 Å². The first-order chi connectivity index (χ1) is 8.46. The van der Waals surface area contributed by atoms with Gasteiger partial charge in [-0.1, -0.05) is 11.6 Å². The molecule has 0 aromatic heterocycles. The summed E-state index contributed by atoms with van der Waals surface area (Å²) in [5.74, 6) is -0.149. The van der Waals surface area contributed by atoms with Crippen molar-refractivity contribution in [3.63, 3.8) is 0 Å². The number of ether oxygens (including phenoxy) is 1. The van der Waals surface area contributed by atoms with Crippen LogP contribution in [0, 0.1) is 0 Å². The highest BCUT2D eigenvalue weighted by molar-refractivity contribution is 5.90. The molecule has 0 radical (unpaired) electrons. The number of rotatable bonds is 2. The Morgan fingerprint density at radius 3 is 2.72 bits per heavy atom. The molecule has 2 rings (SSSR count). The zero-order valence-electron chi connectivity index (χ0n) is 11.2. The van der Waals surface area contributed by atoms with Crippen LogP contribution in [0.25, 0.3) is 0 Å². The summed E-state index contributed by atoms with van der Waals surface area (Å²) in [7, 11) is 1.38. The van der Waals surface area contributed by atoms with Crippen molar-refractivity contribution in [3.8, 4) is 0 Å². The summed E-state index contributed by atoms with van der Waals surface area (Å²) < 4.78 is 4.78. The number of likely N-dealkylation sites (tertiary alicyclic amines) is 1. The maximum absolute atomic E-state index is 11.9. The summed E-state index contributed by atoms with van der Waals surface area (Å²) in [6.45, 7) is 4.71. The standard InChI is InChI=1S/C14H19NO3/c1-10-7-11(13(17)18-3)9-14(2,8-10)15-6-4-5-12(15)16/h8-9H,4-7H2,1-3H3. The molecule has 2 aliphatic rings. The Balaban J connectivity index is 2.35. The van der Waals surface area contributed by atoms with Crippen LogP contribution in [-0.4, -0.2) is 36.0 Å². The van der Waals surface area contributed by atoms with Crippen molar-refractivity contribution in [1.29, 1.82) is 0 Å². The quantitative estimate of drug-likeness (QED) is 0.554. The van der Waals surface area contributed by atoms with Crippen LogP contribution in [-0.2, 0) is 14.3 Å². The lowest BCUT2D eigenvalue weighted by atomic mass is 9.86. The van der Waals surface area contributed by atoms with Gasteiger partial charge in [0.05, 0.1) is 12.6 Å².